The Hall–Kier alpha value is -2.24. The third-order valence-corrected chi connectivity index (χ3v) is 1.68. The van der Waals surface area contributed by atoms with Gasteiger partial charge in [0.2, 0.25) is 0 Å². The Balaban J connectivity index is 2.58. The smallest absolute Gasteiger partial charge is 0.356 e. The normalized spacial score (nSPS) is 10.0. The average Bonchev–Trinajstić information content (AvgIpc) is 2.70. The van der Waals surface area contributed by atoms with Crippen molar-refractivity contribution in [2.75, 3.05) is 0 Å². The highest BCUT2D eigenvalue weighted by atomic mass is 16.4. The van der Waals surface area contributed by atoms with Crippen LogP contribution in [0.25, 0.3) is 11.4 Å². The van der Waals surface area contributed by atoms with E-state index in [1.54, 1.807) is 18.3 Å². The van der Waals surface area contributed by atoms with E-state index in [1.807, 2.05) is 0 Å². The second-order valence-electron chi connectivity index (χ2n) is 2.55. The summed E-state index contributed by atoms with van der Waals surface area (Å²) >= 11 is 0. The lowest BCUT2D eigenvalue weighted by Gasteiger charge is -1.98. The number of nitrogens with one attached hydrogen (secondary N) is 1. The maximum atomic E-state index is 10.8. The van der Waals surface area contributed by atoms with Crippen molar-refractivity contribution in [1.29, 1.82) is 0 Å². The highest BCUT2D eigenvalue weighted by molar-refractivity contribution is 5.91. The van der Waals surface area contributed by atoms with Gasteiger partial charge in [0.05, 0.1) is 5.69 Å². The molecule has 6 heteroatoms. The quantitative estimate of drug-likeness (QED) is 0.722. The average molecular weight is 190 g/mol. The summed E-state index contributed by atoms with van der Waals surface area (Å²) in [5.74, 6) is -1.12. The Labute approximate surface area is 78.6 Å². The van der Waals surface area contributed by atoms with E-state index in [4.69, 9.17) is 5.11 Å². The van der Waals surface area contributed by atoms with Crippen LogP contribution in [-0.2, 0) is 0 Å². The van der Waals surface area contributed by atoms with Crippen molar-refractivity contribution >= 4 is 5.97 Å². The molecule has 2 N–H and O–H groups in total. The summed E-state index contributed by atoms with van der Waals surface area (Å²) in [6.07, 6.45) is 2.78. The van der Waals surface area contributed by atoms with E-state index in [1.165, 1.54) is 0 Å². The molecule has 0 bridgehead atoms. The summed E-state index contributed by atoms with van der Waals surface area (Å²) in [5, 5.41) is 16.1. The molecule has 0 aliphatic carbocycles. The minimum atomic E-state index is -1.12. The van der Waals surface area contributed by atoms with Gasteiger partial charge in [0.1, 0.15) is 12.0 Å². The van der Waals surface area contributed by atoms with Crippen molar-refractivity contribution < 1.29 is 9.90 Å². The fourth-order valence-corrected chi connectivity index (χ4v) is 1.09. The van der Waals surface area contributed by atoms with E-state index < -0.39 is 5.97 Å². The highest BCUT2D eigenvalue weighted by Gasteiger charge is 2.15. The highest BCUT2D eigenvalue weighted by Crippen LogP contribution is 2.15. The van der Waals surface area contributed by atoms with Crippen LogP contribution >= 0.6 is 0 Å². The molecule has 0 radical (unpaired) electrons. The van der Waals surface area contributed by atoms with Gasteiger partial charge in [-0.05, 0) is 12.1 Å². The minimum Gasteiger partial charge on any atom is -0.476 e. The first-order valence-electron chi connectivity index (χ1n) is 3.84. The van der Waals surface area contributed by atoms with E-state index in [2.05, 4.69) is 20.2 Å². The molecule has 6 nitrogen and oxygen atoms in total. The topological polar surface area (TPSA) is 91.8 Å². The molecule has 0 aromatic carbocycles. The molecule has 0 saturated carbocycles. The second-order valence-corrected chi connectivity index (χ2v) is 2.55. The molecule has 0 fully saturated rings. The zero-order valence-electron chi connectivity index (χ0n) is 7.01. The molecule has 2 heterocycles. The number of carboxylic acid groups (broad SMARTS) is 1. The van der Waals surface area contributed by atoms with Gasteiger partial charge in [-0.2, -0.15) is 0 Å². The van der Waals surface area contributed by atoms with Gasteiger partial charge in [0.25, 0.3) is 0 Å². The number of hydrogen-bond donors (Lipinski definition) is 2. The molecule has 0 amide bonds. The van der Waals surface area contributed by atoms with Crippen molar-refractivity contribution in [3.05, 3.63) is 30.4 Å². The first-order chi connectivity index (χ1) is 6.79. The lowest BCUT2D eigenvalue weighted by atomic mass is 10.2. The third kappa shape index (κ3) is 1.33. The van der Waals surface area contributed by atoms with Crippen LogP contribution in [0.5, 0.6) is 0 Å². The zero-order chi connectivity index (χ0) is 9.97. The summed E-state index contributed by atoms with van der Waals surface area (Å²) in [6.45, 7) is 0. The fraction of sp³-hybridized carbons (Fsp3) is 0. The van der Waals surface area contributed by atoms with Crippen LogP contribution in [0.4, 0.5) is 0 Å². The van der Waals surface area contributed by atoms with Crippen LogP contribution < -0.4 is 0 Å². The van der Waals surface area contributed by atoms with Gasteiger partial charge in [-0.1, -0.05) is 0 Å². The van der Waals surface area contributed by atoms with E-state index >= 15 is 0 Å². The number of hydrogen-bond acceptors (Lipinski definition) is 4. The van der Waals surface area contributed by atoms with E-state index in [0.717, 1.165) is 6.33 Å². The molecule has 2 aromatic heterocycles. The molecule has 0 aliphatic rings. The van der Waals surface area contributed by atoms with Crippen LogP contribution in [0.2, 0.25) is 0 Å². The molecule has 0 aliphatic heterocycles. The van der Waals surface area contributed by atoms with Crippen molar-refractivity contribution in [1.82, 2.24) is 20.2 Å². The summed E-state index contributed by atoms with van der Waals surface area (Å²) in [6, 6.07) is 3.45. The van der Waals surface area contributed by atoms with Gasteiger partial charge in [-0.3, -0.25) is 0 Å². The maximum absolute atomic E-state index is 10.8. The SMILES string of the molecule is O=C(O)c1ncnnc1-c1ccc[nH]1. The fourth-order valence-electron chi connectivity index (χ4n) is 1.09. The molecule has 0 atom stereocenters. The lowest BCUT2D eigenvalue weighted by molar-refractivity contribution is 0.0690. The van der Waals surface area contributed by atoms with Gasteiger partial charge >= 0.3 is 5.97 Å². The van der Waals surface area contributed by atoms with Crippen LogP contribution in [0.1, 0.15) is 10.5 Å². The molecular weight excluding hydrogens is 184 g/mol. The summed E-state index contributed by atoms with van der Waals surface area (Å²) in [4.78, 5) is 17.3. The predicted molar refractivity (Wildman–Crippen MR) is 46.6 cm³/mol. The number of aromatic carboxylic acids is 1. The number of nitrogens with zero attached hydrogens (tertiary/aromatic N) is 3. The van der Waals surface area contributed by atoms with E-state index in [-0.39, 0.29) is 11.4 Å². The summed E-state index contributed by atoms with van der Waals surface area (Å²) in [5.41, 5.74) is 0.718. The summed E-state index contributed by atoms with van der Waals surface area (Å²) in [7, 11) is 0. The van der Waals surface area contributed by atoms with Crippen LogP contribution in [0.3, 0.4) is 0 Å². The first-order valence-corrected chi connectivity index (χ1v) is 3.84. The third-order valence-electron chi connectivity index (χ3n) is 1.68. The first kappa shape index (κ1) is 8.36. The standard InChI is InChI=1S/C8H6N4O2/c13-8(14)7-6(12-11-4-10-7)5-2-1-3-9-5/h1-4,9H,(H,13,14). The molecular formula is C8H6N4O2. The lowest BCUT2D eigenvalue weighted by Crippen LogP contribution is -2.06. The number of carboxylic acids is 1. The number of rotatable bonds is 2. The van der Waals surface area contributed by atoms with Crippen molar-refractivity contribution in [3.63, 3.8) is 0 Å². The van der Waals surface area contributed by atoms with Crippen molar-refractivity contribution in [2.45, 2.75) is 0 Å². The zero-order valence-corrected chi connectivity index (χ0v) is 7.01. The second kappa shape index (κ2) is 3.25. The molecule has 0 unspecified atom stereocenters. The molecule has 70 valence electrons. The number of H-pyrrole nitrogens is 1. The summed E-state index contributed by atoms with van der Waals surface area (Å²) < 4.78 is 0. The van der Waals surface area contributed by atoms with Gasteiger partial charge in [-0.15, -0.1) is 10.2 Å². The van der Waals surface area contributed by atoms with Crippen molar-refractivity contribution in [3.8, 4) is 11.4 Å². The van der Waals surface area contributed by atoms with Gasteiger partial charge < -0.3 is 10.1 Å². The largest absolute Gasteiger partial charge is 0.476 e. The van der Waals surface area contributed by atoms with Crippen molar-refractivity contribution in [2.24, 2.45) is 0 Å². The number of aromatic nitrogens is 4. The van der Waals surface area contributed by atoms with Gasteiger partial charge in [-0.25, -0.2) is 9.78 Å². The molecule has 2 aromatic rings. The van der Waals surface area contributed by atoms with Crippen LogP contribution in [0.15, 0.2) is 24.7 Å². The Morgan fingerprint density at radius 1 is 1.50 bits per heavy atom. The Bertz CT molecular complexity index is 452. The Kier molecular flexibility index (Phi) is 1.94. The maximum Gasteiger partial charge on any atom is 0.356 e. The molecule has 0 spiro atoms. The van der Waals surface area contributed by atoms with Gasteiger partial charge in [0, 0.05) is 6.20 Å². The molecule has 2 rings (SSSR count). The molecule has 14 heavy (non-hydrogen) atoms. The monoisotopic (exact) mass is 190 g/mol. The Morgan fingerprint density at radius 3 is 3.00 bits per heavy atom. The molecule has 0 saturated heterocycles. The van der Waals surface area contributed by atoms with E-state index in [9.17, 15) is 4.79 Å². The minimum absolute atomic E-state index is 0.109. The Morgan fingerprint density at radius 2 is 2.36 bits per heavy atom. The van der Waals surface area contributed by atoms with Gasteiger partial charge in [0.15, 0.2) is 5.69 Å². The number of carbonyl (C=O) groups is 1. The predicted octanol–water partition coefficient (Wildman–Crippen LogP) is 0.565. The van der Waals surface area contributed by atoms with Crippen LogP contribution in [0, 0.1) is 0 Å². The number of aromatic amines is 1. The van der Waals surface area contributed by atoms with E-state index in [0.29, 0.717) is 5.69 Å². The van der Waals surface area contributed by atoms with Crippen LogP contribution in [-0.4, -0.2) is 31.2 Å².